The molecule has 0 saturated heterocycles. The lowest BCUT2D eigenvalue weighted by Gasteiger charge is -2.18. The molecule has 348 valence electrons. The number of carboxylic acid groups (broad SMARTS) is 1. The minimum Gasteiger partial charge on any atom is -0.480 e. The first-order valence-corrected chi connectivity index (χ1v) is 25.7. The summed E-state index contributed by atoms with van der Waals surface area (Å²) >= 11 is 0. The van der Waals surface area contributed by atoms with Gasteiger partial charge < -0.3 is 25.2 Å². The second kappa shape index (κ2) is 42.9. The van der Waals surface area contributed by atoms with Gasteiger partial charge in [-0.25, -0.2) is 9.36 Å². The lowest BCUT2D eigenvalue weighted by Crippen LogP contribution is -2.43. The van der Waals surface area contributed by atoms with Crippen LogP contribution in [0.5, 0.6) is 0 Å². The van der Waals surface area contributed by atoms with Gasteiger partial charge in [-0.3, -0.25) is 18.6 Å². The molecular formula is C47H90NO10P. The molecule has 11 nitrogen and oxygen atoms in total. The number of amides is 1. The second-order valence-corrected chi connectivity index (χ2v) is 18.1. The van der Waals surface area contributed by atoms with Crippen LogP contribution in [0.4, 0.5) is 0 Å². The van der Waals surface area contributed by atoms with E-state index in [4.69, 9.17) is 13.8 Å². The third-order valence-electron chi connectivity index (χ3n) is 10.8. The standard InChI is InChI=1S/C47H90NO10P/c1-3-5-7-9-11-13-15-17-19-20-21-22-23-24-25-27-29-31-33-35-37-39-46(51)56-40-43(49)41-57-59(54,55)58-42-44(47(52)53)48-45(50)38-36-34-32-30-28-26-18-16-14-12-10-8-6-4-2/h16,18,43-44,49H,3-15,17,19-42H2,1-2H3,(H,48,50)(H,52,53)(H,54,55)/b18-16-. The van der Waals surface area contributed by atoms with Crippen LogP contribution in [0.3, 0.4) is 0 Å². The van der Waals surface area contributed by atoms with Crippen LogP contribution in [0.25, 0.3) is 0 Å². The number of carbonyl (C=O) groups excluding carboxylic acids is 2. The van der Waals surface area contributed by atoms with Crippen LogP contribution >= 0.6 is 7.82 Å². The number of hydrogen-bond acceptors (Lipinski definition) is 8. The number of unbranched alkanes of at least 4 members (excludes halogenated alkanes) is 30. The summed E-state index contributed by atoms with van der Waals surface area (Å²) in [5.74, 6) is -2.37. The number of aliphatic hydroxyl groups is 1. The Kier molecular flexibility index (Phi) is 41.6. The summed E-state index contributed by atoms with van der Waals surface area (Å²) in [6.07, 6.45) is 43.8. The molecule has 4 N–H and O–H groups in total. The molecule has 0 spiro atoms. The normalized spacial score (nSPS) is 13.7. The van der Waals surface area contributed by atoms with E-state index in [1.165, 1.54) is 141 Å². The number of carboxylic acids is 1. The first-order chi connectivity index (χ1) is 28.6. The summed E-state index contributed by atoms with van der Waals surface area (Å²) in [6.45, 7) is 2.61. The average Bonchev–Trinajstić information content (AvgIpc) is 3.21. The largest absolute Gasteiger partial charge is 0.480 e. The van der Waals surface area contributed by atoms with Gasteiger partial charge in [-0.05, 0) is 38.5 Å². The minimum absolute atomic E-state index is 0.138. The molecule has 0 aromatic rings. The molecule has 0 fully saturated rings. The van der Waals surface area contributed by atoms with Crippen LogP contribution < -0.4 is 5.32 Å². The molecule has 0 aliphatic rings. The van der Waals surface area contributed by atoms with E-state index in [2.05, 4.69) is 31.3 Å². The van der Waals surface area contributed by atoms with Gasteiger partial charge in [0.25, 0.3) is 0 Å². The Labute approximate surface area is 360 Å². The van der Waals surface area contributed by atoms with Gasteiger partial charge >= 0.3 is 19.8 Å². The van der Waals surface area contributed by atoms with Crippen LogP contribution in [0.1, 0.15) is 239 Å². The van der Waals surface area contributed by atoms with Crippen molar-refractivity contribution in [3.8, 4) is 0 Å². The molecule has 0 aromatic carbocycles. The Balaban J connectivity index is 3.80. The predicted octanol–water partition coefficient (Wildman–Crippen LogP) is 12.8. The van der Waals surface area contributed by atoms with Crippen LogP contribution in [0.15, 0.2) is 12.2 Å². The molecule has 0 bridgehead atoms. The Morgan fingerprint density at radius 1 is 0.525 bits per heavy atom. The van der Waals surface area contributed by atoms with Crippen molar-refractivity contribution in [3.05, 3.63) is 12.2 Å². The van der Waals surface area contributed by atoms with Crippen molar-refractivity contribution < 1.29 is 47.8 Å². The number of phosphoric acid groups is 1. The van der Waals surface area contributed by atoms with E-state index in [-0.39, 0.29) is 12.8 Å². The zero-order valence-corrected chi connectivity index (χ0v) is 38.7. The smallest absolute Gasteiger partial charge is 0.472 e. The maximum Gasteiger partial charge on any atom is 0.472 e. The zero-order valence-electron chi connectivity index (χ0n) is 37.8. The number of hydrogen-bond donors (Lipinski definition) is 4. The van der Waals surface area contributed by atoms with Crippen LogP contribution in [0, 0.1) is 0 Å². The Morgan fingerprint density at radius 2 is 0.881 bits per heavy atom. The Hall–Kier alpha value is -1.78. The monoisotopic (exact) mass is 860 g/mol. The molecule has 3 unspecified atom stereocenters. The van der Waals surface area contributed by atoms with E-state index in [1.54, 1.807) is 0 Å². The number of aliphatic carboxylic acids is 1. The van der Waals surface area contributed by atoms with E-state index < -0.39 is 57.6 Å². The van der Waals surface area contributed by atoms with Crippen molar-refractivity contribution >= 4 is 25.7 Å². The Bertz CT molecular complexity index is 1060. The number of nitrogens with one attached hydrogen (secondary N) is 1. The number of phosphoric ester groups is 1. The molecule has 3 atom stereocenters. The molecule has 0 aliphatic carbocycles. The topological polar surface area (TPSA) is 169 Å². The van der Waals surface area contributed by atoms with Crippen molar-refractivity contribution in [2.45, 2.75) is 251 Å². The fourth-order valence-corrected chi connectivity index (χ4v) is 7.79. The number of ether oxygens (including phenoxy) is 1. The summed E-state index contributed by atoms with van der Waals surface area (Å²) in [5.41, 5.74) is 0. The molecule has 59 heavy (non-hydrogen) atoms. The summed E-state index contributed by atoms with van der Waals surface area (Å²) in [5, 5.41) is 21.9. The Morgan fingerprint density at radius 3 is 1.29 bits per heavy atom. The summed E-state index contributed by atoms with van der Waals surface area (Å²) in [7, 11) is -4.75. The molecule has 0 heterocycles. The van der Waals surface area contributed by atoms with Crippen molar-refractivity contribution in [1.29, 1.82) is 0 Å². The van der Waals surface area contributed by atoms with Crippen molar-refractivity contribution in [2.75, 3.05) is 19.8 Å². The lowest BCUT2D eigenvalue weighted by molar-refractivity contribution is -0.147. The minimum atomic E-state index is -4.75. The molecule has 0 rings (SSSR count). The fraction of sp³-hybridized carbons (Fsp3) is 0.894. The molecule has 0 radical (unpaired) electrons. The van der Waals surface area contributed by atoms with Gasteiger partial charge in [-0.2, -0.15) is 0 Å². The number of esters is 1. The predicted molar refractivity (Wildman–Crippen MR) is 240 cm³/mol. The van der Waals surface area contributed by atoms with Gasteiger partial charge in [0.1, 0.15) is 12.7 Å². The molecule has 1 amide bonds. The lowest BCUT2D eigenvalue weighted by atomic mass is 10.0. The highest BCUT2D eigenvalue weighted by Gasteiger charge is 2.28. The number of carbonyl (C=O) groups is 3. The van der Waals surface area contributed by atoms with Crippen LogP contribution in [-0.4, -0.2) is 64.9 Å². The maximum atomic E-state index is 12.3. The van der Waals surface area contributed by atoms with E-state index in [0.29, 0.717) is 12.8 Å². The number of aliphatic hydroxyl groups excluding tert-OH is 1. The number of rotatable bonds is 46. The molecule has 0 aliphatic heterocycles. The molecule has 0 aromatic heterocycles. The van der Waals surface area contributed by atoms with Gasteiger partial charge in [-0.1, -0.05) is 199 Å². The van der Waals surface area contributed by atoms with Gasteiger partial charge in [0.05, 0.1) is 13.2 Å². The summed E-state index contributed by atoms with van der Waals surface area (Å²) in [4.78, 5) is 46.0. The highest BCUT2D eigenvalue weighted by atomic mass is 31.2. The molecule has 0 saturated carbocycles. The maximum absolute atomic E-state index is 12.3. The summed E-state index contributed by atoms with van der Waals surface area (Å²) in [6, 6.07) is -1.55. The number of allylic oxidation sites excluding steroid dienone is 2. The van der Waals surface area contributed by atoms with Gasteiger partial charge in [0.2, 0.25) is 5.91 Å². The third-order valence-corrected chi connectivity index (χ3v) is 11.8. The fourth-order valence-electron chi connectivity index (χ4n) is 7.02. The van der Waals surface area contributed by atoms with Crippen molar-refractivity contribution in [1.82, 2.24) is 5.32 Å². The zero-order chi connectivity index (χ0) is 43.5. The average molecular weight is 860 g/mol. The van der Waals surface area contributed by atoms with E-state index in [9.17, 15) is 34.1 Å². The molecular weight excluding hydrogens is 769 g/mol. The van der Waals surface area contributed by atoms with Crippen LogP contribution in [0.2, 0.25) is 0 Å². The van der Waals surface area contributed by atoms with Gasteiger partial charge in [0, 0.05) is 12.8 Å². The highest BCUT2D eigenvalue weighted by molar-refractivity contribution is 7.47. The first-order valence-electron chi connectivity index (χ1n) is 24.2. The van der Waals surface area contributed by atoms with Gasteiger partial charge in [0.15, 0.2) is 6.04 Å². The van der Waals surface area contributed by atoms with Crippen LogP contribution in [-0.2, 0) is 32.7 Å². The van der Waals surface area contributed by atoms with Crippen molar-refractivity contribution in [3.63, 3.8) is 0 Å². The molecule has 12 heteroatoms. The third kappa shape index (κ3) is 42.7. The van der Waals surface area contributed by atoms with Gasteiger partial charge in [-0.15, -0.1) is 0 Å². The highest BCUT2D eigenvalue weighted by Crippen LogP contribution is 2.43. The summed E-state index contributed by atoms with van der Waals surface area (Å²) < 4.78 is 26.9. The van der Waals surface area contributed by atoms with E-state index in [1.807, 2.05) is 0 Å². The van der Waals surface area contributed by atoms with E-state index >= 15 is 0 Å². The second-order valence-electron chi connectivity index (χ2n) is 16.7. The van der Waals surface area contributed by atoms with Crippen molar-refractivity contribution in [2.24, 2.45) is 0 Å². The SMILES string of the molecule is CCCCCCC/C=C\CCCCCCCC(=O)NC(COP(=O)(O)OCC(O)COC(=O)CCCCCCCCCCCCCCCCCCCCCCC)C(=O)O. The van der Waals surface area contributed by atoms with E-state index in [0.717, 1.165) is 57.8 Å². The first kappa shape index (κ1) is 57.2. The quantitative estimate of drug-likeness (QED) is 0.0200.